The van der Waals surface area contributed by atoms with Gasteiger partial charge in [-0.25, -0.2) is 0 Å². The summed E-state index contributed by atoms with van der Waals surface area (Å²) in [7, 11) is 0. The fraction of sp³-hybridized carbons (Fsp3) is 0.188. The third kappa shape index (κ3) is 4.30. The van der Waals surface area contributed by atoms with E-state index in [4.69, 9.17) is 46.4 Å². The Morgan fingerprint density at radius 2 is 1.55 bits per heavy atom. The van der Waals surface area contributed by atoms with Crippen LogP contribution in [-0.2, 0) is 0 Å². The molecule has 0 unspecified atom stereocenters. The van der Waals surface area contributed by atoms with Crippen molar-refractivity contribution in [2.45, 2.75) is 19.8 Å². The first-order chi connectivity index (χ1) is 10.4. The van der Waals surface area contributed by atoms with E-state index in [1.807, 2.05) is 24.3 Å². The van der Waals surface area contributed by atoms with E-state index in [2.05, 4.69) is 24.4 Å². The number of hydrogen-bond donors (Lipinski definition) is 1. The van der Waals surface area contributed by atoms with Gasteiger partial charge in [0.25, 0.3) is 0 Å². The van der Waals surface area contributed by atoms with Gasteiger partial charge in [-0.15, -0.1) is 0 Å². The third-order valence-corrected chi connectivity index (χ3v) is 4.21. The van der Waals surface area contributed by atoms with E-state index in [0.717, 1.165) is 5.56 Å². The van der Waals surface area contributed by atoms with E-state index in [1.165, 1.54) is 5.56 Å². The van der Waals surface area contributed by atoms with Gasteiger partial charge in [0, 0.05) is 10.6 Å². The Balaban J connectivity index is 2.19. The van der Waals surface area contributed by atoms with Crippen molar-refractivity contribution in [1.82, 2.24) is 0 Å². The van der Waals surface area contributed by atoms with Crippen LogP contribution in [0.3, 0.4) is 0 Å². The predicted molar refractivity (Wildman–Crippen MR) is 98.0 cm³/mol. The minimum atomic E-state index is 0.317. The molecule has 2 aromatic rings. The molecule has 6 heteroatoms. The van der Waals surface area contributed by atoms with Crippen LogP contribution in [0.1, 0.15) is 30.9 Å². The standard InChI is InChI=1S/C16H14Cl4N2/c1-9(2)10-3-5-11(6-4-10)16(20)22-21-15-13(18)7-12(17)8-14(15)19/h3-9,21H,1-2H3. The molecule has 116 valence electrons. The van der Waals surface area contributed by atoms with Crippen LogP contribution < -0.4 is 5.43 Å². The summed E-state index contributed by atoms with van der Waals surface area (Å²) in [6.45, 7) is 4.27. The summed E-state index contributed by atoms with van der Waals surface area (Å²) in [6, 6.07) is 11.1. The van der Waals surface area contributed by atoms with Crippen LogP contribution in [0, 0.1) is 0 Å². The van der Waals surface area contributed by atoms with Gasteiger partial charge in [0.15, 0.2) is 5.17 Å². The quantitative estimate of drug-likeness (QED) is 0.462. The number of benzene rings is 2. The summed E-state index contributed by atoms with van der Waals surface area (Å²) in [5.74, 6) is 0.467. The number of hydrazone groups is 1. The van der Waals surface area contributed by atoms with Crippen molar-refractivity contribution < 1.29 is 0 Å². The maximum atomic E-state index is 6.20. The molecule has 0 atom stereocenters. The normalized spacial score (nSPS) is 11.9. The molecule has 0 saturated carbocycles. The lowest BCUT2D eigenvalue weighted by Crippen LogP contribution is -1.99. The molecule has 2 aromatic carbocycles. The molecular weight excluding hydrogens is 362 g/mol. The average molecular weight is 376 g/mol. The number of anilines is 1. The van der Waals surface area contributed by atoms with Crippen LogP contribution in [0.2, 0.25) is 15.1 Å². The molecule has 0 bridgehead atoms. The largest absolute Gasteiger partial charge is 0.274 e. The van der Waals surface area contributed by atoms with Crippen LogP contribution in [0.5, 0.6) is 0 Å². The van der Waals surface area contributed by atoms with E-state index >= 15 is 0 Å². The smallest absolute Gasteiger partial charge is 0.156 e. The van der Waals surface area contributed by atoms with Gasteiger partial charge in [0.1, 0.15) is 0 Å². The second-order valence-electron chi connectivity index (χ2n) is 5.04. The molecule has 0 heterocycles. The summed E-state index contributed by atoms with van der Waals surface area (Å²) >= 11 is 24.2. The molecule has 2 nitrogen and oxygen atoms in total. The Hall–Kier alpha value is -0.930. The van der Waals surface area contributed by atoms with E-state index in [1.54, 1.807) is 12.1 Å². The van der Waals surface area contributed by atoms with E-state index < -0.39 is 0 Å². The van der Waals surface area contributed by atoms with Crippen LogP contribution >= 0.6 is 46.4 Å². The van der Waals surface area contributed by atoms with Gasteiger partial charge in [-0.2, -0.15) is 5.10 Å². The fourth-order valence-electron chi connectivity index (χ4n) is 1.82. The lowest BCUT2D eigenvalue weighted by atomic mass is 10.0. The minimum Gasteiger partial charge on any atom is -0.274 e. The highest BCUT2D eigenvalue weighted by Gasteiger charge is 2.08. The van der Waals surface area contributed by atoms with Gasteiger partial charge in [0.05, 0.1) is 15.7 Å². The van der Waals surface area contributed by atoms with Crippen LogP contribution in [0.25, 0.3) is 0 Å². The fourth-order valence-corrected chi connectivity index (χ4v) is 2.89. The first-order valence-electron chi connectivity index (χ1n) is 6.62. The van der Waals surface area contributed by atoms with Gasteiger partial charge in [-0.1, -0.05) is 84.5 Å². The second kappa shape index (κ2) is 7.56. The van der Waals surface area contributed by atoms with Crippen molar-refractivity contribution in [3.05, 3.63) is 62.6 Å². The van der Waals surface area contributed by atoms with Gasteiger partial charge >= 0.3 is 0 Å². The molecule has 0 radical (unpaired) electrons. The number of nitrogens with one attached hydrogen (secondary N) is 1. The van der Waals surface area contributed by atoms with Crippen molar-refractivity contribution >= 4 is 57.3 Å². The Bertz CT molecular complexity index is 671. The zero-order valence-electron chi connectivity index (χ0n) is 12.0. The molecular formula is C16H14Cl4N2. The molecule has 2 rings (SSSR count). The molecule has 0 aromatic heterocycles. The number of halogens is 4. The number of hydrogen-bond acceptors (Lipinski definition) is 2. The topological polar surface area (TPSA) is 24.4 Å². The summed E-state index contributed by atoms with van der Waals surface area (Å²) in [5.41, 5.74) is 5.29. The van der Waals surface area contributed by atoms with Crippen molar-refractivity contribution in [2.75, 3.05) is 5.43 Å². The Morgan fingerprint density at radius 3 is 2.05 bits per heavy atom. The Labute approximate surface area is 150 Å². The highest BCUT2D eigenvalue weighted by molar-refractivity contribution is 6.69. The molecule has 22 heavy (non-hydrogen) atoms. The highest BCUT2D eigenvalue weighted by atomic mass is 35.5. The highest BCUT2D eigenvalue weighted by Crippen LogP contribution is 2.33. The summed E-state index contributed by atoms with van der Waals surface area (Å²) in [5, 5.41) is 5.64. The zero-order valence-corrected chi connectivity index (χ0v) is 15.0. The SMILES string of the molecule is CC(C)c1ccc(C(Cl)=NNc2c(Cl)cc(Cl)cc2Cl)cc1. The number of rotatable bonds is 4. The maximum Gasteiger partial charge on any atom is 0.156 e. The predicted octanol–water partition coefficient (Wildman–Crippen LogP) is 6.78. The summed E-state index contributed by atoms with van der Waals surface area (Å²) < 4.78 is 0. The zero-order chi connectivity index (χ0) is 16.3. The van der Waals surface area contributed by atoms with E-state index in [-0.39, 0.29) is 0 Å². The molecule has 0 saturated heterocycles. The van der Waals surface area contributed by atoms with Gasteiger partial charge in [-0.3, -0.25) is 5.43 Å². The first-order valence-corrected chi connectivity index (χ1v) is 8.13. The van der Waals surface area contributed by atoms with Crippen molar-refractivity contribution in [1.29, 1.82) is 0 Å². The third-order valence-electron chi connectivity index (χ3n) is 3.09. The summed E-state index contributed by atoms with van der Waals surface area (Å²) in [4.78, 5) is 0. The molecule has 0 aliphatic heterocycles. The molecule has 1 N–H and O–H groups in total. The van der Waals surface area contributed by atoms with Crippen molar-refractivity contribution in [3.8, 4) is 0 Å². The maximum absolute atomic E-state index is 6.20. The summed E-state index contributed by atoms with van der Waals surface area (Å²) in [6.07, 6.45) is 0. The van der Waals surface area contributed by atoms with E-state index in [9.17, 15) is 0 Å². The molecule has 0 aliphatic carbocycles. The lowest BCUT2D eigenvalue weighted by molar-refractivity contribution is 0.866. The monoisotopic (exact) mass is 374 g/mol. The van der Waals surface area contributed by atoms with Crippen LogP contribution in [0.15, 0.2) is 41.5 Å². The van der Waals surface area contributed by atoms with E-state index in [0.29, 0.717) is 31.8 Å². The Morgan fingerprint density at radius 1 is 1.00 bits per heavy atom. The minimum absolute atomic E-state index is 0.317. The number of nitrogens with zero attached hydrogens (tertiary/aromatic N) is 1. The first kappa shape index (κ1) is 17.4. The lowest BCUT2D eigenvalue weighted by Gasteiger charge is -2.08. The van der Waals surface area contributed by atoms with Crippen LogP contribution in [0.4, 0.5) is 5.69 Å². The van der Waals surface area contributed by atoms with Gasteiger partial charge < -0.3 is 0 Å². The molecule has 0 spiro atoms. The van der Waals surface area contributed by atoms with Gasteiger partial charge in [-0.05, 0) is 23.6 Å². The van der Waals surface area contributed by atoms with Crippen LogP contribution in [-0.4, -0.2) is 5.17 Å². The average Bonchev–Trinajstić information content (AvgIpc) is 2.46. The molecule has 0 amide bonds. The molecule has 0 aliphatic rings. The Kier molecular flexibility index (Phi) is 5.99. The van der Waals surface area contributed by atoms with Gasteiger partial charge in [0.2, 0.25) is 0 Å². The van der Waals surface area contributed by atoms with Crippen molar-refractivity contribution in [3.63, 3.8) is 0 Å². The second-order valence-corrected chi connectivity index (χ2v) is 6.64. The van der Waals surface area contributed by atoms with Crippen molar-refractivity contribution in [2.24, 2.45) is 5.10 Å². The molecule has 0 fully saturated rings.